The van der Waals surface area contributed by atoms with E-state index in [1.807, 2.05) is 50.2 Å². The lowest BCUT2D eigenvalue weighted by Gasteiger charge is -2.08. The second-order valence-corrected chi connectivity index (χ2v) is 5.82. The first-order valence-electron chi connectivity index (χ1n) is 8.49. The Morgan fingerprint density at radius 3 is 1.46 bits per heavy atom. The second kappa shape index (κ2) is 8.80. The van der Waals surface area contributed by atoms with Crippen molar-refractivity contribution in [2.75, 3.05) is 23.9 Å². The van der Waals surface area contributed by atoms with E-state index in [-0.39, 0.29) is 0 Å². The molecule has 0 bridgehead atoms. The monoisotopic (exact) mass is 356 g/mol. The minimum atomic E-state index is 0.290. The van der Waals surface area contributed by atoms with E-state index in [0.717, 1.165) is 33.6 Å². The topological polar surface area (TPSA) is 101 Å². The van der Waals surface area contributed by atoms with E-state index in [1.54, 1.807) is 13.8 Å². The molecule has 0 aliphatic rings. The van der Waals surface area contributed by atoms with Crippen molar-refractivity contribution >= 4 is 11.4 Å². The zero-order valence-corrected chi connectivity index (χ0v) is 15.5. The molecule has 0 spiro atoms. The van der Waals surface area contributed by atoms with Crippen molar-refractivity contribution in [1.29, 1.82) is 0 Å². The minimum absolute atomic E-state index is 0.290. The van der Waals surface area contributed by atoms with Crippen LogP contribution in [0.5, 0.6) is 0 Å². The van der Waals surface area contributed by atoms with Crippen molar-refractivity contribution in [1.82, 2.24) is 0 Å². The fourth-order valence-corrected chi connectivity index (χ4v) is 2.30. The molecule has 8 nitrogen and oxygen atoms in total. The fourth-order valence-electron chi connectivity index (χ4n) is 2.30. The van der Waals surface area contributed by atoms with E-state index in [1.165, 1.54) is 0 Å². The third kappa shape index (κ3) is 4.92. The predicted octanol–water partition coefficient (Wildman–Crippen LogP) is 4.59. The van der Waals surface area contributed by atoms with Crippen LogP contribution in [0.2, 0.25) is 0 Å². The number of anilines is 2. The molecule has 0 amide bonds. The molecule has 0 aromatic heterocycles. The lowest BCUT2D eigenvalue weighted by molar-refractivity contribution is -0.524. The molecule has 2 aromatic rings. The lowest BCUT2D eigenvalue weighted by atomic mass is 10.00. The first kappa shape index (κ1) is 19.2. The van der Waals surface area contributed by atoms with E-state index in [0.29, 0.717) is 22.8 Å². The van der Waals surface area contributed by atoms with Crippen LogP contribution >= 0.6 is 0 Å². The molecule has 0 unspecified atom stereocenters. The van der Waals surface area contributed by atoms with Gasteiger partial charge in [-0.25, -0.2) is 0 Å². The summed E-state index contributed by atoms with van der Waals surface area (Å²) in [5.41, 5.74) is 11.2. The highest BCUT2D eigenvalue weighted by Gasteiger charge is 2.08. The number of hydrogen-bond acceptors (Lipinski definition) is 4. The average Bonchev–Trinajstić information content (AvgIpc) is 2.65. The first-order chi connectivity index (χ1) is 12.4. The van der Waals surface area contributed by atoms with E-state index < -0.39 is 0 Å². The van der Waals surface area contributed by atoms with Crippen molar-refractivity contribution < 1.29 is 9.72 Å². The van der Waals surface area contributed by atoms with Gasteiger partial charge >= 0.3 is 0 Å². The molecule has 0 saturated carbocycles. The number of hydrogen-bond donors (Lipinski definition) is 2. The van der Waals surface area contributed by atoms with Crippen LogP contribution in [0, 0.1) is 24.3 Å². The quantitative estimate of drug-likeness (QED) is 0.430. The fraction of sp³-hybridized carbons (Fsp3) is 0.333. The molecule has 26 heavy (non-hydrogen) atoms. The molecule has 2 aromatic carbocycles. The summed E-state index contributed by atoms with van der Waals surface area (Å²) in [6, 6.07) is 11.8. The van der Waals surface area contributed by atoms with Gasteiger partial charge in [-0.2, -0.15) is 9.72 Å². The number of aryl methyl sites for hydroxylation is 2. The van der Waals surface area contributed by atoms with Crippen molar-refractivity contribution in [2.24, 2.45) is 10.4 Å². The van der Waals surface area contributed by atoms with Gasteiger partial charge in [0.15, 0.2) is 0 Å². The lowest BCUT2D eigenvalue weighted by Crippen LogP contribution is -2.03. The van der Waals surface area contributed by atoms with Gasteiger partial charge in [-0.1, -0.05) is 12.1 Å². The molecule has 0 aliphatic heterocycles. The number of nitrogens with zero attached hydrogens (tertiary/aromatic N) is 4. The molecular weight excluding hydrogens is 332 g/mol. The molecule has 0 fully saturated rings. The minimum Gasteiger partial charge on any atom is -0.696 e. The summed E-state index contributed by atoms with van der Waals surface area (Å²) in [5, 5.41) is 29.9. The van der Waals surface area contributed by atoms with Crippen LogP contribution in [0.25, 0.3) is 11.1 Å². The van der Waals surface area contributed by atoms with Gasteiger partial charge in [0.2, 0.25) is 0 Å². The van der Waals surface area contributed by atoms with Gasteiger partial charge in [-0.15, -0.1) is 10.9 Å². The summed E-state index contributed by atoms with van der Waals surface area (Å²) in [6.45, 7) is 7.96. The molecule has 0 saturated heterocycles. The van der Waals surface area contributed by atoms with Crippen LogP contribution in [0.1, 0.15) is 25.0 Å². The van der Waals surface area contributed by atoms with E-state index in [4.69, 9.17) is 0 Å². The summed E-state index contributed by atoms with van der Waals surface area (Å²) in [5.74, 6) is 0. The summed E-state index contributed by atoms with van der Waals surface area (Å²) in [7, 11) is 0. The molecule has 2 rings (SSSR count). The van der Waals surface area contributed by atoms with Crippen molar-refractivity contribution in [3.8, 4) is 11.1 Å². The van der Waals surface area contributed by atoms with E-state index >= 15 is 0 Å². The molecule has 2 N–H and O–H groups in total. The number of nitrogens with one attached hydrogen (secondary N) is 2. The van der Waals surface area contributed by atoms with Crippen molar-refractivity contribution in [3.63, 3.8) is 0 Å². The molecule has 0 atom stereocenters. The molecule has 0 radical (unpaired) electrons. The normalized spacial score (nSPS) is 12.2. The van der Waals surface area contributed by atoms with Gasteiger partial charge in [-0.3, -0.25) is 0 Å². The number of benzene rings is 2. The van der Waals surface area contributed by atoms with Crippen LogP contribution in [0.15, 0.2) is 46.8 Å². The maximum absolute atomic E-state index is 11.2. The highest BCUT2D eigenvalue weighted by Crippen LogP contribution is 2.28. The van der Waals surface area contributed by atoms with Gasteiger partial charge in [0.1, 0.15) is 24.5 Å². The third-order valence-corrected chi connectivity index (χ3v) is 3.89. The van der Waals surface area contributed by atoms with Crippen molar-refractivity contribution in [2.45, 2.75) is 27.7 Å². The zero-order chi connectivity index (χ0) is 19.1. The molecule has 138 valence electrons. The molecule has 8 heteroatoms. The first-order valence-corrected chi connectivity index (χ1v) is 8.49. The Labute approximate surface area is 153 Å². The summed E-state index contributed by atoms with van der Waals surface area (Å²) >= 11 is 0. The summed E-state index contributed by atoms with van der Waals surface area (Å²) < 4.78 is 0. The Kier molecular flexibility index (Phi) is 6.48. The van der Waals surface area contributed by atoms with Gasteiger partial charge in [-0.05, 0) is 74.2 Å². The SMILES string of the molecule is CC/[N+]([O-])=N/Nc1ccc(-c2ccc(N/N=[N+](\[O-])CC)c(C)c2)cc1C. The Morgan fingerprint density at radius 2 is 1.15 bits per heavy atom. The number of hydroxylamine groups is 2. The Balaban J connectivity index is 2.21. The van der Waals surface area contributed by atoms with Crippen LogP contribution < -0.4 is 10.9 Å². The van der Waals surface area contributed by atoms with Crippen LogP contribution in [-0.4, -0.2) is 22.8 Å². The van der Waals surface area contributed by atoms with E-state index in [9.17, 15) is 10.4 Å². The van der Waals surface area contributed by atoms with Crippen LogP contribution in [0.3, 0.4) is 0 Å². The number of rotatable bonds is 7. The largest absolute Gasteiger partial charge is 0.696 e. The summed E-state index contributed by atoms with van der Waals surface area (Å²) in [6.07, 6.45) is 0. The predicted molar refractivity (Wildman–Crippen MR) is 102 cm³/mol. The van der Waals surface area contributed by atoms with Gasteiger partial charge in [0.25, 0.3) is 0 Å². The van der Waals surface area contributed by atoms with Crippen LogP contribution in [0.4, 0.5) is 11.4 Å². The highest BCUT2D eigenvalue weighted by molar-refractivity contribution is 5.71. The standard InChI is InChI=1S/C18H24N6O2/c1-5-23(25)21-19-17-9-7-15(11-13(17)3)16-8-10-18(14(4)12-16)20-22-24(26)6-2/h7-12,19-20H,5-6H2,1-4H3/b23-21-,24-22-. The van der Waals surface area contributed by atoms with Crippen molar-refractivity contribution in [3.05, 3.63) is 57.9 Å². The Hall–Kier alpha value is -3.16. The third-order valence-electron chi connectivity index (χ3n) is 3.89. The van der Waals surface area contributed by atoms with Crippen LogP contribution in [-0.2, 0) is 0 Å². The average molecular weight is 356 g/mol. The summed E-state index contributed by atoms with van der Waals surface area (Å²) in [4.78, 5) is 1.18. The maximum Gasteiger partial charge on any atom is 0.149 e. The van der Waals surface area contributed by atoms with Gasteiger partial charge in [0.05, 0.1) is 10.4 Å². The van der Waals surface area contributed by atoms with Gasteiger partial charge < -0.3 is 10.4 Å². The highest BCUT2D eigenvalue weighted by atomic mass is 16.5. The molecular formula is C18H24N6O2. The van der Waals surface area contributed by atoms with E-state index in [2.05, 4.69) is 21.3 Å². The maximum atomic E-state index is 11.2. The Bertz CT molecular complexity index is 763. The smallest absolute Gasteiger partial charge is 0.149 e. The Morgan fingerprint density at radius 1 is 0.769 bits per heavy atom. The van der Waals surface area contributed by atoms with Gasteiger partial charge in [0, 0.05) is 0 Å². The molecule has 0 heterocycles. The molecule has 0 aliphatic carbocycles. The second-order valence-electron chi connectivity index (χ2n) is 5.82. The zero-order valence-electron chi connectivity index (χ0n) is 15.5.